The monoisotopic (exact) mass is 361 g/mol. The van der Waals surface area contributed by atoms with E-state index in [1.165, 1.54) is 12.1 Å². The third-order valence-corrected chi connectivity index (χ3v) is 3.88. The third kappa shape index (κ3) is 3.27. The highest BCUT2D eigenvalue weighted by Gasteiger charge is 2.23. The second kappa shape index (κ2) is 7.23. The van der Waals surface area contributed by atoms with E-state index in [2.05, 4.69) is 26.7 Å². The number of aromatic nitrogens is 4. The molecule has 2 aromatic heterocycles. The van der Waals surface area contributed by atoms with Crippen molar-refractivity contribution in [2.45, 2.75) is 0 Å². The fraction of sp³-hybridized carbons (Fsp3) is 0.200. The van der Waals surface area contributed by atoms with Crippen molar-refractivity contribution in [1.29, 1.82) is 0 Å². The van der Waals surface area contributed by atoms with E-state index < -0.39 is 11.6 Å². The highest BCUT2D eigenvalue weighted by atomic mass is 32.2. The number of nitrogens with one attached hydrogen (secondary N) is 1. The number of halogens is 1. The number of thioether (sulfide) groups is 1. The van der Waals surface area contributed by atoms with Gasteiger partial charge >= 0.3 is 5.76 Å². The molecule has 25 heavy (non-hydrogen) atoms. The van der Waals surface area contributed by atoms with Crippen molar-refractivity contribution in [3.63, 3.8) is 0 Å². The van der Waals surface area contributed by atoms with Gasteiger partial charge in [-0.3, -0.25) is 4.52 Å². The highest BCUT2D eigenvalue weighted by molar-refractivity contribution is 7.98. The van der Waals surface area contributed by atoms with Gasteiger partial charge in [0.1, 0.15) is 5.82 Å². The average Bonchev–Trinajstić information content (AvgIpc) is 3.22. The van der Waals surface area contributed by atoms with Crippen molar-refractivity contribution in [3.8, 4) is 29.5 Å². The molecule has 0 aliphatic heterocycles. The summed E-state index contributed by atoms with van der Waals surface area (Å²) in [5.41, 5.74) is 0.486. The number of nitrogens with zero attached hydrogens (tertiary/aromatic N) is 4. The van der Waals surface area contributed by atoms with Crippen LogP contribution in [0.2, 0.25) is 0 Å². The second-order valence-corrected chi connectivity index (χ2v) is 5.78. The lowest BCUT2D eigenvalue weighted by molar-refractivity contribution is 0.309. The molecule has 128 valence electrons. The van der Waals surface area contributed by atoms with Crippen LogP contribution in [0.15, 0.2) is 32.1 Å². The summed E-state index contributed by atoms with van der Waals surface area (Å²) in [6, 6.07) is 3.88. The Morgan fingerprint density at radius 1 is 1.40 bits per heavy atom. The first-order chi connectivity index (χ1) is 12.2. The molecule has 0 aliphatic carbocycles. The van der Waals surface area contributed by atoms with Gasteiger partial charge < -0.3 is 5.32 Å². The fourth-order valence-corrected chi connectivity index (χ4v) is 2.42. The molecule has 0 fully saturated rings. The molecule has 0 aliphatic rings. The topological polar surface area (TPSA) is 99.0 Å². The van der Waals surface area contributed by atoms with Gasteiger partial charge in [0.2, 0.25) is 11.6 Å². The zero-order valence-corrected chi connectivity index (χ0v) is 13.8. The summed E-state index contributed by atoms with van der Waals surface area (Å²) in [6.07, 6.45) is 7.24. The molecular weight excluding hydrogens is 349 g/mol. The van der Waals surface area contributed by atoms with E-state index in [1.54, 1.807) is 11.8 Å². The summed E-state index contributed by atoms with van der Waals surface area (Å²) in [5, 5.41) is 14.3. The summed E-state index contributed by atoms with van der Waals surface area (Å²) in [7, 11) is 0. The zero-order valence-electron chi connectivity index (χ0n) is 13.0. The summed E-state index contributed by atoms with van der Waals surface area (Å²) < 4.78 is 24.2. The van der Waals surface area contributed by atoms with Crippen LogP contribution in [0.4, 0.5) is 10.2 Å². The molecule has 0 amide bonds. The normalized spacial score (nSPS) is 10.6. The molecule has 8 nitrogen and oxygen atoms in total. The van der Waals surface area contributed by atoms with Crippen LogP contribution in [0.3, 0.4) is 0 Å². The highest BCUT2D eigenvalue weighted by Crippen LogP contribution is 2.24. The van der Waals surface area contributed by atoms with Gasteiger partial charge in [-0.05, 0) is 34.8 Å². The largest absolute Gasteiger partial charge is 0.446 e. The van der Waals surface area contributed by atoms with Gasteiger partial charge in [-0.15, -0.1) is 6.42 Å². The molecular formula is C15H12FN5O3S. The Kier molecular flexibility index (Phi) is 4.85. The predicted molar refractivity (Wildman–Crippen MR) is 90.2 cm³/mol. The Morgan fingerprint density at radius 2 is 2.24 bits per heavy atom. The molecule has 0 atom stereocenters. The Morgan fingerprint density at radius 3 is 3.00 bits per heavy atom. The molecule has 3 aromatic rings. The van der Waals surface area contributed by atoms with Crippen molar-refractivity contribution in [2.75, 3.05) is 23.9 Å². The molecule has 10 heteroatoms. The van der Waals surface area contributed by atoms with Crippen LogP contribution in [0.5, 0.6) is 0 Å². The van der Waals surface area contributed by atoms with Crippen molar-refractivity contribution < 1.29 is 13.5 Å². The summed E-state index contributed by atoms with van der Waals surface area (Å²) >= 11 is 1.65. The number of benzene rings is 1. The smallest absolute Gasteiger partial charge is 0.364 e. The number of hydrogen-bond donors (Lipinski definition) is 1. The molecule has 0 saturated carbocycles. The predicted octanol–water partition coefficient (Wildman–Crippen LogP) is 1.77. The maximum atomic E-state index is 13.6. The molecule has 2 heterocycles. The van der Waals surface area contributed by atoms with Gasteiger partial charge in [0.15, 0.2) is 5.69 Å². The van der Waals surface area contributed by atoms with E-state index in [4.69, 9.17) is 15.6 Å². The average molecular weight is 361 g/mol. The van der Waals surface area contributed by atoms with Crippen LogP contribution in [0, 0.1) is 18.2 Å². The molecule has 0 radical (unpaired) electrons. The number of rotatable bonds is 6. The van der Waals surface area contributed by atoms with E-state index in [9.17, 15) is 9.18 Å². The first kappa shape index (κ1) is 16.8. The second-order valence-electron chi connectivity index (χ2n) is 4.80. The first-order valence-corrected chi connectivity index (χ1v) is 8.46. The minimum Gasteiger partial charge on any atom is -0.364 e. The molecule has 0 spiro atoms. The first-order valence-electron chi connectivity index (χ1n) is 7.06. The fourth-order valence-electron chi connectivity index (χ4n) is 2.11. The Hall–Kier alpha value is -3.06. The number of terminal acetylenes is 1. The third-order valence-electron chi connectivity index (χ3n) is 3.27. The van der Waals surface area contributed by atoms with Crippen molar-refractivity contribution in [3.05, 3.63) is 40.1 Å². The van der Waals surface area contributed by atoms with Gasteiger partial charge in [0.25, 0.3) is 0 Å². The van der Waals surface area contributed by atoms with Crippen LogP contribution in [-0.4, -0.2) is 38.6 Å². The van der Waals surface area contributed by atoms with Crippen molar-refractivity contribution >= 4 is 17.6 Å². The van der Waals surface area contributed by atoms with Gasteiger partial charge in [-0.1, -0.05) is 11.1 Å². The minimum absolute atomic E-state index is 0.00754. The Labute approximate surface area is 145 Å². The SMILES string of the molecule is C#Cc1cc(-n2c(-c3nonc3NCCSC)noc2=O)ccc1F. The molecule has 3 rings (SSSR count). The zero-order chi connectivity index (χ0) is 17.8. The molecule has 0 bridgehead atoms. The van der Waals surface area contributed by atoms with Crippen LogP contribution in [0.25, 0.3) is 17.2 Å². The van der Waals surface area contributed by atoms with E-state index in [0.717, 1.165) is 16.4 Å². The minimum atomic E-state index is -0.775. The van der Waals surface area contributed by atoms with Crippen molar-refractivity contribution in [2.24, 2.45) is 0 Å². The molecule has 1 N–H and O–H groups in total. The lowest BCUT2D eigenvalue weighted by Crippen LogP contribution is -2.14. The van der Waals surface area contributed by atoms with Gasteiger partial charge in [0, 0.05) is 12.3 Å². The summed E-state index contributed by atoms with van der Waals surface area (Å²) in [6.45, 7) is 0.613. The molecule has 1 aromatic carbocycles. The summed E-state index contributed by atoms with van der Waals surface area (Å²) in [4.78, 5) is 12.1. The van der Waals surface area contributed by atoms with Gasteiger partial charge in [0.05, 0.1) is 11.3 Å². The lowest BCUT2D eigenvalue weighted by atomic mass is 10.2. The van der Waals surface area contributed by atoms with Gasteiger partial charge in [-0.2, -0.15) is 11.8 Å². The van der Waals surface area contributed by atoms with Gasteiger partial charge in [-0.25, -0.2) is 18.4 Å². The van der Waals surface area contributed by atoms with E-state index in [1.807, 2.05) is 6.26 Å². The Bertz CT molecular complexity index is 988. The van der Waals surface area contributed by atoms with Crippen LogP contribution in [0.1, 0.15) is 5.56 Å². The maximum Gasteiger partial charge on any atom is 0.446 e. The summed E-state index contributed by atoms with van der Waals surface area (Å²) in [5.74, 6) is 2.08. The van der Waals surface area contributed by atoms with Crippen molar-refractivity contribution in [1.82, 2.24) is 20.0 Å². The number of hydrogen-bond acceptors (Lipinski definition) is 8. The maximum absolute atomic E-state index is 13.6. The number of anilines is 1. The standard InChI is InChI=1S/C15H12FN5O3S/c1-3-9-8-10(4-5-11(9)16)21-14(20-23-15(21)22)12-13(19-24-18-12)17-6-7-25-2/h1,4-5,8H,6-7H2,2H3,(H,17,19). The van der Waals surface area contributed by atoms with Crippen LogP contribution in [-0.2, 0) is 0 Å². The quantitative estimate of drug-likeness (QED) is 0.524. The van der Waals surface area contributed by atoms with E-state index in [0.29, 0.717) is 12.4 Å². The Balaban J connectivity index is 2.06. The molecule has 0 saturated heterocycles. The van der Waals surface area contributed by atoms with E-state index in [-0.39, 0.29) is 22.8 Å². The molecule has 0 unspecified atom stereocenters. The lowest BCUT2D eigenvalue weighted by Gasteiger charge is -2.05. The van der Waals surface area contributed by atoms with E-state index >= 15 is 0 Å². The van der Waals surface area contributed by atoms with Crippen LogP contribution >= 0.6 is 11.8 Å². The van der Waals surface area contributed by atoms with Crippen LogP contribution < -0.4 is 11.1 Å².